The first-order valence-corrected chi connectivity index (χ1v) is 6.70. The summed E-state index contributed by atoms with van der Waals surface area (Å²) in [7, 11) is 0. The lowest BCUT2D eigenvalue weighted by Gasteiger charge is -2.03. The van der Waals surface area contributed by atoms with Crippen LogP contribution >= 0.6 is 12.2 Å². The Bertz CT molecular complexity index is 792. The molecule has 2 aromatic carbocycles. The molecule has 100 valence electrons. The fourth-order valence-electron chi connectivity index (χ4n) is 2.43. The Hall–Kier alpha value is -2.17. The molecule has 0 aliphatic carbocycles. The zero-order chi connectivity index (χ0) is 14.1. The maximum Gasteiger partial charge on any atom is 0.119 e. The number of benzene rings is 2. The van der Waals surface area contributed by atoms with E-state index in [1.165, 1.54) is 0 Å². The highest BCUT2D eigenvalue weighted by Gasteiger charge is 2.10. The van der Waals surface area contributed by atoms with Gasteiger partial charge in [0.05, 0.1) is 5.52 Å². The quantitative estimate of drug-likeness (QED) is 0.726. The van der Waals surface area contributed by atoms with Gasteiger partial charge in [0.25, 0.3) is 0 Å². The van der Waals surface area contributed by atoms with E-state index in [-0.39, 0.29) is 6.73 Å². The molecule has 3 nitrogen and oxygen atoms in total. The molecular weight excluding hydrogens is 268 g/mol. The van der Waals surface area contributed by atoms with Gasteiger partial charge in [0.2, 0.25) is 0 Å². The molecule has 3 rings (SSSR count). The van der Waals surface area contributed by atoms with Gasteiger partial charge in [-0.3, -0.25) is 0 Å². The van der Waals surface area contributed by atoms with E-state index in [0.717, 1.165) is 27.6 Å². The molecule has 0 aliphatic rings. The van der Waals surface area contributed by atoms with Crippen LogP contribution in [0.25, 0.3) is 22.0 Å². The van der Waals surface area contributed by atoms with Gasteiger partial charge < -0.3 is 15.4 Å². The summed E-state index contributed by atoms with van der Waals surface area (Å²) < 4.78 is 1.82. The predicted molar refractivity (Wildman–Crippen MR) is 85.5 cm³/mol. The fourth-order valence-corrected chi connectivity index (χ4v) is 2.56. The Balaban J connectivity index is 2.24. The molecule has 3 N–H and O–H groups in total. The van der Waals surface area contributed by atoms with Crippen molar-refractivity contribution in [2.24, 2.45) is 5.73 Å². The van der Waals surface area contributed by atoms with Gasteiger partial charge in [0.1, 0.15) is 11.7 Å². The highest BCUT2D eigenvalue weighted by atomic mass is 32.1. The summed E-state index contributed by atoms with van der Waals surface area (Å²) >= 11 is 5.03. The molecule has 0 spiro atoms. The van der Waals surface area contributed by atoms with Crippen LogP contribution in [0.4, 0.5) is 0 Å². The first kappa shape index (κ1) is 12.8. The van der Waals surface area contributed by atoms with Gasteiger partial charge in [-0.15, -0.1) is 0 Å². The van der Waals surface area contributed by atoms with Gasteiger partial charge in [0, 0.05) is 22.7 Å². The van der Waals surface area contributed by atoms with E-state index in [9.17, 15) is 5.11 Å². The van der Waals surface area contributed by atoms with Crippen molar-refractivity contribution in [3.63, 3.8) is 0 Å². The Kier molecular flexibility index (Phi) is 3.26. The molecule has 0 bridgehead atoms. The molecule has 3 aromatic rings. The number of nitrogens with zero attached hydrogens (tertiary/aromatic N) is 1. The molecule has 1 heterocycles. The van der Waals surface area contributed by atoms with Gasteiger partial charge in [-0.25, -0.2) is 0 Å². The SMILES string of the molecule is NC(=S)c1cccc(-c2cn(CO)c3ccccc23)c1. The number of thiocarbonyl (C=S) groups is 1. The molecule has 0 saturated heterocycles. The van der Waals surface area contributed by atoms with Crippen molar-refractivity contribution in [3.8, 4) is 11.1 Å². The molecule has 0 radical (unpaired) electrons. The van der Waals surface area contributed by atoms with Crippen molar-refractivity contribution in [1.29, 1.82) is 0 Å². The van der Waals surface area contributed by atoms with Crippen LogP contribution in [0, 0.1) is 0 Å². The second-order valence-corrected chi connectivity index (χ2v) is 5.06. The highest BCUT2D eigenvalue weighted by molar-refractivity contribution is 7.80. The number of fused-ring (bicyclic) bond motifs is 1. The third-order valence-electron chi connectivity index (χ3n) is 3.40. The molecule has 0 unspecified atom stereocenters. The lowest BCUT2D eigenvalue weighted by Crippen LogP contribution is -2.08. The summed E-state index contributed by atoms with van der Waals surface area (Å²) in [6.45, 7) is -0.0461. The molecule has 0 aliphatic heterocycles. The van der Waals surface area contributed by atoms with Gasteiger partial charge in [-0.2, -0.15) is 0 Å². The van der Waals surface area contributed by atoms with Crippen LogP contribution in [-0.2, 0) is 6.73 Å². The van der Waals surface area contributed by atoms with E-state index < -0.39 is 0 Å². The summed E-state index contributed by atoms with van der Waals surface area (Å²) in [5.41, 5.74) is 9.65. The number of hydrogen-bond donors (Lipinski definition) is 2. The summed E-state index contributed by atoms with van der Waals surface area (Å²) in [4.78, 5) is 0.387. The molecule has 4 heteroatoms. The molecule has 0 saturated carbocycles. The van der Waals surface area contributed by atoms with Crippen LogP contribution in [0.2, 0.25) is 0 Å². The minimum Gasteiger partial charge on any atom is -0.389 e. The highest BCUT2D eigenvalue weighted by Crippen LogP contribution is 2.30. The van der Waals surface area contributed by atoms with Gasteiger partial charge in [0.15, 0.2) is 0 Å². The largest absolute Gasteiger partial charge is 0.389 e. The maximum atomic E-state index is 9.46. The third-order valence-corrected chi connectivity index (χ3v) is 3.63. The number of aliphatic hydroxyl groups excluding tert-OH is 1. The smallest absolute Gasteiger partial charge is 0.119 e. The summed E-state index contributed by atoms with van der Waals surface area (Å²) in [6, 6.07) is 15.8. The van der Waals surface area contributed by atoms with E-state index in [2.05, 4.69) is 0 Å². The van der Waals surface area contributed by atoms with Crippen molar-refractivity contribution in [2.75, 3.05) is 0 Å². The Morgan fingerprint density at radius 1 is 1.15 bits per heavy atom. The molecule has 0 amide bonds. The normalized spacial score (nSPS) is 10.8. The van der Waals surface area contributed by atoms with E-state index in [1.54, 1.807) is 0 Å². The van der Waals surface area contributed by atoms with E-state index in [4.69, 9.17) is 18.0 Å². The number of aromatic nitrogens is 1. The fraction of sp³-hybridized carbons (Fsp3) is 0.0625. The van der Waals surface area contributed by atoms with Gasteiger partial charge in [-0.1, -0.05) is 48.6 Å². The van der Waals surface area contributed by atoms with Crippen LogP contribution in [0.5, 0.6) is 0 Å². The van der Waals surface area contributed by atoms with E-state index in [1.807, 2.05) is 59.3 Å². The summed E-state index contributed by atoms with van der Waals surface area (Å²) in [5, 5.41) is 10.6. The van der Waals surface area contributed by atoms with Crippen LogP contribution in [0.15, 0.2) is 54.7 Å². The van der Waals surface area contributed by atoms with Crippen molar-refractivity contribution < 1.29 is 5.11 Å². The number of aliphatic hydroxyl groups is 1. The average molecular weight is 282 g/mol. The number of nitrogens with two attached hydrogens (primary N) is 1. The Morgan fingerprint density at radius 3 is 2.70 bits per heavy atom. The molecule has 20 heavy (non-hydrogen) atoms. The number of para-hydroxylation sites is 1. The summed E-state index contributed by atoms with van der Waals surface area (Å²) in [5.74, 6) is 0. The van der Waals surface area contributed by atoms with Crippen LogP contribution < -0.4 is 5.73 Å². The Labute approximate surface area is 122 Å². The van der Waals surface area contributed by atoms with Crippen molar-refractivity contribution >= 4 is 28.1 Å². The minimum absolute atomic E-state index is 0.0461. The number of hydrogen-bond acceptors (Lipinski definition) is 2. The predicted octanol–water partition coefficient (Wildman–Crippen LogP) is 2.89. The first-order chi connectivity index (χ1) is 9.70. The van der Waals surface area contributed by atoms with E-state index >= 15 is 0 Å². The lowest BCUT2D eigenvalue weighted by atomic mass is 10.0. The zero-order valence-corrected chi connectivity index (χ0v) is 11.6. The second kappa shape index (κ2) is 5.07. The van der Waals surface area contributed by atoms with Crippen molar-refractivity contribution in [3.05, 3.63) is 60.3 Å². The maximum absolute atomic E-state index is 9.46. The standard InChI is InChI=1S/C16H14N2OS/c17-16(20)12-5-3-4-11(8-12)14-9-18(10-19)15-7-2-1-6-13(14)15/h1-9,19H,10H2,(H2,17,20). The topological polar surface area (TPSA) is 51.2 Å². The number of rotatable bonds is 3. The molecule has 0 atom stereocenters. The first-order valence-electron chi connectivity index (χ1n) is 6.29. The van der Waals surface area contributed by atoms with Crippen molar-refractivity contribution in [1.82, 2.24) is 4.57 Å². The summed E-state index contributed by atoms with van der Waals surface area (Å²) in [6.07, 6.45) is 1.95. The van der Waals surface area contributed by atoms with Crippen LogP contribution in [0.1, 0.15) is 5.56 Å². The van der Waals surface area contributed by atoms with Crippen LogP contribution in [0.3, 0.4) is 0 Å². The third kappa shape index (κ3) is 2.09. The average Bonchev–Trinajstić information content (AvgIpc) is 2.86. The minimum atomic E-state index is -0.0461. The molecule has 1 aromatic heterocycles. The van der Waals surface area contributed by atoms with Crippen molar-refractivity contribution in [2.45, 2.75) is 6.73 Å². The van der Waals surface area contributed by atoms with E-state index in [0.29, 0.717) is 4.99 Å². The zero-order valence-electron chi connectivity index (χ0n) is 10.8. The molecular formula is C16H14N2OS. The second-order valence-electron chi connectivity index (χ2n) is 4.62. The van der Waals surface area contributed by atoms with Gasteiger partial charge >= 0.3 is 0 Å². The Morgan fingerprint density at radius 2 is 1.95 bits per heavy atom. The molecule has 0 fully saturated rings. The van der Waals surface area contributed by atoms with Crippen LogP contribution in [-0.4, -0.2) is 14.7 Å². The monoisotopic (exact) mass is 282 g/mol. The van der Waals surface area contributed by atoms with Gasteiger partial charge in [-0.05, 0) is 17.7 Å². The lowest BCUT2D eigenvalue weighted by molar-refractivity contribution is 0.215.